The molecule has 0 saturated heterocycles. The molecule has 0 spiro atoms. The van der Waals surface area contributed by atoms with Gasteiger partial charge in [0.25, 0.3) is 0 Å². The summed E-state index contributed by atoms with van der Waals surface area (Å²) in [6.45, 7) is -0.0615. The summed E-state index contributed by atoms with van der Waals surface area (Å²) in [5.41, 5.74) is 0.714. The van der Waals surface area contributed by atoms with Gasteiger partial charge < -0.3 is 5.11 Å². The minimum Gasteiger partial charge on any atom is -0.392 e. The zero-order chi connectivity index (χ0) is 9.30. The van der Waals surface area contributed by atoms with Crippen LogP contribution in [-0.2, 0) is 6.61 Å². The number of thiol groups is 4. The summed E-state index contributed by atoms with van der Waals surface area (Å²) in [5.74, 6) is 0. The van der Waals surface area contributed by atoms with Gasteiger partial charge >= 0.3 is 0 Å². The summed E-state index contributed by atoms with van der Waals surface area (Å²) in [6, 6.07) is 1.73. The lowest BCUT2D eigenvalue weighted by molar-refractivity contribution is 0.278. The van der Waals surface area contributed by atoms with Gasteiger partial charge in [-0.2, -0.15) is 0 Å². The maximum Gasteiger partial charge on any atom is 0.0693 e. The van der Waals surface area contributed by atoms with Gasteiger partial charge in [-0.3, -0.25) is 0 Å². The van der Waals surface area contributed by atoms with E-state index in [0.29, 0.717) is 25.1 Å². The Bertz CT molecular complexity index is 311. The van der Waals surface area contributed by atoms with E-state index < -0.39 is 0 Å². The van der Waals surface area contributed by atoms with Gasteiger partial charge in [0.1, 0.15) is 0 Å². The van der Waals surface area contributed by atoms with Crippen molar-refractivity contribution < 1.29 is 5.11 Å². The predicted molar refractivity (Wildman–Crippen MR) is 61.4 cm³/mol. The molecule has 1 nitrogen and oxygen atoms in total. The summed E-state index contributed by atoms with van der Waals surface area (Å²) in [4.78, 5) is 2.69. The lowest BCUT2D eigenvalue weighted by Gasteiger charge is -2.09. The van der Waals surface area contributed by atoms with Crippen molar-refractivity contribution in [1.29, 1.82) is 0 Å². The van der Waals surface area contributed by atoms with Gasteiger partial charge in [-0.25, -0.2) is 0 Å². The van der Waals surface area contributed by atoms with Gasteiger partial charge in [-0.05, 0) is 11.6 Å². The molecule has 0 aliphatic carbocycles. The molecule has 0 radical (unpaired) electrons. The molecule has 1 N–H and O–H groups in total. The molecule has 0 aliphatic heterocycles. The molecular formula is C7H8OS4. The maximum absolute atomic E-state index is 8.92. The maximum atomic E-state index is 8.92. The number of hydrogen-bond acceptors (Lipinski definition) is 5. The van der Waals surface area contributed by atoms with E-state index in [1.54, 1.807) is 6.07 Å². The van der Waals surface area contributed by atoms with Crippen LogP contribution in [0.25, 0.3) is 0 Å². The van der Waals surface area contributed by atoms with E-state index in [-0.39, 0.29) is 6.61 Å². The Kier molecular flexibility index (Phi) is 3.73. The molecule has 66 valence electrons. The number of hydrogen-bond donors (Lipinski definition) is 5. The third-order valence-electron chi connectivity index (χ3n) is 1.48. The van der Waals surface area contributed by atoms with Crippen molar-refractivity contribution in [3.05, 3.63) is 11.6 Å². The molecule has 0 amide bonds. The SMILES string of the molecule is OCc1cc(S)c(S)c(S)c1S. The molecule has 0 saturated carbocycles. The summed E-state index contributed by atoms with van der Waals surface area (Å²) < 4.78 is 0. The zero-order valence-electron chi connectivity index (χ0n) is 6.02. The fourth-order valence-corrected chi connectivity index (χ4v) is 1.94. The highest BCUT2D eigenvalue weighted by Gasteiger charge is 2.08. The van der Waals surface area contributed by atoms with Crippen LogP contribution in [0, 0.1) is 0 Å². The van der Waals surface area contributed by atoms with E-state index >= 15 is 0 Å². The predicted octanol–water partition coefficient (Wildman–Crippen LogP) is 2.33. The first-order valence-electron chi connectivity index (χ1n) is 3.14. The van der Waals surface area contributed by atoms with E-state index in [1.807, 2.05) is 0 Å². The van der Waals surface area contributed by atoms with Gasteiger partial charge in [0.05, 0.1) is 6.61 Å². The van der Waals surface area contributed by atoms with Gasteiger partial charge in [0.15, 0.2) is 0 Å². The van der Waals surface area contributed by atoms with Crippen molar-refractivity contribution >= 4 is 50.5 Å². The second-order valence-electron chi connectivity index (χ2n) is 2.26. The standard InChI is InChI=1S/C7H8OS4/c8-2-3-1-4(9)6(11)7(12)5(3)10/h1,8-12H,2H2. The summed E-state index contributed by atoms with van der Waals surface area (Å²) in [6.07, 6.45) is 0. The van der Waals surface area contributed by atoms with E-state index in [4.69, 9.17) is 5.11 Å². The van der Waals surface area contributed by atoms with Crippen molar-refractivity contribution in [2.75, 3.05) is 0 Å². The van der Waals surface area contributed by atoms with Gasteiger partial charge in [-0.15, -0.1) is 50.5 Å². The Balaban J connectivity index is 3.39. The van der Waals surface area contributed by atoms with E-state index in [0.717, 1.165) is 0 Å². The van der Waals surface area contributed by atoms with E-state index in [9.17, 15) is 0 Å². The van der Waals surface area contributed by atoms with Gasteiger partial charge in [-0.1, -0.05) is 0 Å². The molecule has 5 heteroatoms. The quantitative estimate of drug-likeness (QED) is 0.474. The van der Waals surface area contributed by atoms with Crippen LogP contribution in [-0.4, -0.2) is 5.11 Å². The number of benzene rings is 1. The fourth-order valence-electron chi connectivity index (χ4n) is 0.808. The van der Waals surface area contributed by atoms with Gasteiger partial charge in [0.2, 0.25) is 0 Å². The summed E-state index contributed by atoms with van der Waals surface area (Å²) in [7, 11) is 0. The highest BCUT2D eigenvalue weighted by molar-refractivity contribution is 7.86. The Labute approximate surface area is 93.2 Å². The molecule has 1 aromatic carbocycles. The van der Waals surface area contributed by atoms with Crippen LogP contribution in [0.15, 0.2) is 25.6 Å². The fraction of sp³-hybridized carbons (Fsp3) is 0.143. The largest absolute Gasteiger partial charge is 0.392 e. The van der Waals surface area contributed by atoms with E-state index in [2.05, 4.69) is 50.5 Å². The molecular weight excluding hydrogens is 228 g/mol. The van der Waals surface area contributed by atoms with Crippen LogP contribution in [0.5, 0.6) is 0 Å². The second kappa shape index (κ2) is 4.19. The minimum atomic E-state index is -0.0615. The second-order valence-corrected chi connectivity index (χ2v) is 4.08. The van der Waals surface area contributed by atoms with Crippen LogP contribution in [0.1, 0.15) is 5.56 Å². The molecule has 1 aromatic rings. The third-order valence-corrected chi connectivity index (χ3v) is 3.78. The first-order valence-corrected chi connectivity index (χ1v) is 4.93. The lowest BCUT2D eigenvalue weighted by atomic mass is 10.2. The minimum absolute atomic E-state index is 0.0615. The molecule has 0 bridgehead atoms. The van der Waals surface area contributed by atoms with Crippen LogP contribution < -0.4 is 0 Å². The molecule has 0 fully saturated rings. The lowest BCUT2D eigenvalue weighted by Crippen LogP contribution is -1.89. The van der Waals surface area contributed by atoms with Crippen molar-refractivity contribution in [3.63, 3.8) is 0 Å². The summed E-state index contributed by atoms with van der Waals surface area (Å²) in [5, 5.41) is 8.92. The average Bonchev–Trinajstić information content (AvgIpc) is 2.08. The monoisotopic (exact) mass is 236 g/mol. The smallest absolute Gasteiger partial charge is 0.0693 e. The molecule has 0 aromatic heterocycles. The van der Waals surface area contributed by atoms with Crippen LogP contribution in [0.4, 0.5) is 0 Å². The van der Waals surface area contributed by atoms with Crippen molar-refractivity contribution in [2.45, 2.75) is 26.2 Å². The number of rotatable bonds is 1. The number of aliphatic hydroxyl groups is 1. The number of aliphatic hydroxyl groups excluding tert-OH is 1. The highest BCUT2D eigenvalue weighted by Crippen LogP contribution is 2.33. The Morgan fingerprint density at radius 1 is 1.00 bits per heavy atom. The topological polar surface area (TPSA) is 20.2 Å². The Morgan fingerprint density at radius 3 is 2.08 bits per heavy atom. The third kappa shape index (κ3) is 1.90. The van der Waals surface area contributed by atoms with Crippen LogP contribution in [0.2, 0.25) is 0 Å². The first-order chi connectivity index (χ1) is 5.57. The summed E-state index contributed by atoms with van der Waals surface area (Å²) >= 11 is 16.7. The zero-order valence-corrected chi connectivity index (χ0v) is 9.60. The molecule has 12 heavy (non-hydrogen) atoms. The highest BCUT2D eigenvalue weighted by atomic mass is 32.1. The van der Waals surface area contributed by atoms with Crippen molar-refractivity contribution in [3.8, 4) is 0 Å². The molecule has 0 aliphatic rings. The van der Waals surface area contributed by atoms with E-state index in [1.165, 1.54) is 0 Å². The molecule has 0 atom stereocenters. The first kappa shape index (κ1) is 10.7. The van der Waals surface area contributed by atoms with Crippen LogP contribution in [0.3, 0.4) is 0 Å². The van der Waals surface area contributed by atoms with Gasteiger partial charge in [0, 0.05) is 19.6 Å². The molecule has 0 heterocycles. The molecule has 1 rings (SSSR count). The Morgan fingerprint density at radius 2 is 1.58 bits per heavy atom. The van der Waals surface area contributed by atoms with Crippen molar-refractivity contribution in [2.24, 2.45) is 0 Å². The average molecular weight is 236 g/mol. The van der Waals surface area contributed by atoms with Crippen LogP contribution >= 0.6 is 50.5 Å². The molecule has 0 unspecified atom stereocenters. The van der Waals surface area contributed by atoms with Crippen molar-refractivity contribution in [1.82, 2.24) is 0 Å². The Hall–Kier alpha value is 0.580. The normalized spacial score (nSPS) is 10.4.